The van der Waals surface area contributed by atoms with Gasteiger partial charge in [-0.25, -0.2) is 4.39 Å². The summed E-state index contributed by atoms with van der Waals surface area (Å²) in [6, 6.07) is 9.29. The van der Waals surface area contributed by atoms with Gasteiger partial charge in [0.2, 0.25) is 0 Å². The molecule has 3 N–H and O–H groups in total. The Labute approximate surface area is 112 Å². The second-order valence-electron chi connectivity index (χ2n) is 4.39. The van der Waals surface area contributed by atoms with Gasteiger partial charge >= 0.3 is 0 Å². The molecule has 0 saturated heterocycles. The molecule has 3 rings (SSSR count). The van der Waals surface area contributed by atoms with Crippen molar-refractivity contribution in [3.8, 4) is 17.1 Å². The Bertz CT molecular complexity index is 871. The minimum atomic E-state index is -0.498. The third-order valence-corrected chi connectivity index (χ3v) is 2.99. The molecule has 0 unspecified atom stereocenters. The number of anilines is 1. The maximum atomic E-state index is 13.2. The van der Waals surface area contributed by atoms with Crippen molar-refractivity contribution in [2.75, 3.05) is 5.73 Å². The molecule has 0 aliphatic heterocycles. The molecule has 0 radical (unpaired) electrons. The van der Waals surface area contributed by atoms with Crippen LogP contribution >= 0.6 is 0 Å². The van der Waals surface area contributed by atoms with Crippen LogP contribution in [0.4, 0.5) is 10.1 Å². The van der Waals surface area contributed by atoms with Crippen LogP contribution in [-0.4, -0.2) is 5.11 Å². The SMILES string of the molecule is Nc1ccc(O)cc1-c1cc(=O)c2ccc(F)cc2o1. The maximum Gasteiger partial charge on any atom is 0.193 e. The molecule has 1 heterocycles. The number of hydrogen-bond acceptors (Lipinski definition) is 4. The summed E-state index contributed by atoms with van der Waals surface area (Å²) in [7, 11) is 0. The fourth-order valence-electron chi connectivity index (χ4n) is 2.02. The van der Waals surface area contributed by atoms with Crippen LogP contribution in [0.2, 0.25) is 0 Å². The van der Waals surface area contributed by atoms with E-state index in [-0.39, 0.29) is 27.9 Å². The molecule has 0 fully saturated rings. The van der Waals surface area contributed by atoms with E-state index in [0.717, 1.165) is 6.07 Å². The Morgan fingerprint density at radius 2 is 1.90 bits per heavy atom. The lowest BCUT2D eigenvalue weighted by Crippen LogP contribution is -2.01. The molecule has 5 heteroatoms. The highest BCUT2D eigenvalue weighted by Gasteiger charge is 2.11. The molecule has 0 saturated carbocycles. The predicted molar refractivity (Wildman–Crippen MR) is 74.0 cm³/mol. The van der Waals surface area contributed by atoms with Gasteiger partial charge in [0.05, 0.1) is 5.39 Å². The summed E-state index contributed by atoms with van der Waals surface area (Å²) < 4.78 is 18.7. The minimum absolute atomic E-state index is 0.00353. The number of aromatic hydroxyl groups is 1. The number of benzene rings is 2. The molecule has 0 spiro atoms. The van der Waals surface area contributed by atoms with Gasteiger partial charge in [-0.15, -0.1) is 0 Å². The first-order chi connectivity index (χ1) is 9.54. The first-order valence-electron chi connectivity index (χ1n) is 5.87. The van der Waals surface area contributed by atoms with Gasteiger partial charge in [-0.1, -0.05) is 0 Å². The van der Waals surface area contributed by atoms with Gasteiger partial charge in [-0.05, 0) is 30.3 Å². The average Bonchev–Trinajstić information content (AvgIpc) is 2.41. The molecule has 20 heavy (non-hydrogen) atoms. The Balaban J connectivity index is 2.32. The van der Waals surface area contributed by atoms with Crippen molar-refractivity contribution in [2.45, 2.75) is 0 Å². The Hall–Kier alpha value is -2.82. The van der Waals surface area contributed by atoms with Gasteiger partial charge in [0.15, 0.2) is 5.43 Å². The Morgan fingerprint density at radius 3 is 2.70 bits per heavy atom. The van der Waals surface area contributed by atoms with Crippen LogP contribution in [0, 0.1) is 5.82 Å². The lowest BCUT2D eigenvalue weighted by atomic mass is 10.1. The highest BCUT2D eigenvalue weighted by Crippen LogP contribution is 2.30. The molecule has 0 amide bonds. The first kappa shape index (κ1) is 12.2. The quantitative estimate of drug-likeness (QED) is 0.527. The van der Waals surface area contributed by atoms with Gasteiger partial charge < -0.3 is 15.3 Å². The van der Waals surface area contributed by atoms with Crippen molar-refractivity contribution in [1.29, 1.82) is 0 Å². The van der Waals surface area contributed by atoms with Gasteiger partial charge in [-0.2, -0.15) is 0 Å². The van der Waals surface area contributed by atoms with Crippen LogP contribution in [0.5, 0.6) is 5.75 Å². The number of nitrogen functional groups attached to an aromatic ring is 1. The summed E-state index contributed by atoms with van der Waals surface area (Å²) in [5.74, 6) is -0.320. The molecule has 100 valence electrons. The van der Waals surface area contributed by atoms with E-state index in [1.807, 2.05) is 0 Å². The van der Waals surface area contributed by atoms with E-state index in [0.29, 0.717) is 11.3 Å². The fraction of sp³-hybridized carbons (Fsp3) is 0. The van der Waals surface area contributed by atoms with Crippen LogP contribution in [0.1, 0.15) is 0 Å². The highest BCUT2D eigenvalue weighted by atomic mass is 19.1. The van der Waals surface area contributed by atoms with Crippen LogP contribution in [0.3, 0.4) is 0 Å². The zero-order valence-electron chi connectivity index (χ0n) is 10.3. The minimum Gasteiger partial charge on any atom is -0.508 e. The number of phenolic OH excluding ortho intramolecular Hbond substituents is 1. The third-order valence-electron chi connectivity index (χ3n) is 2.99. The fourth-order valence-corrected chi connectivity index (χ4v) is 2.02. The zero-order chi connectivity index (χ0) is 14.3. The molecule has 2 aromatic carbocycles. The number of halogens is 1. The normalized spacial score (nSPS) is 10.8. The average molecular weight is 271 g/mol. The molecule has 0 bridgehead atoms. The summed E-state index contributed by atoms with van der Waals surface area (Å²) in [5, 5.41) is 9.78. The smallest absolute Gasteiger partial charge is 0.193 e. The van der Waals surface area contributed by atoms with Crippen molar-refractivity contribution < 1.29 is 13.9 Å². The molecular weight excluding hydrogens is 261 g/mol. The second-order valence-corrected chi connectivity index (χ2v) is 4.39. The topological polar surface area (TPSA) is 76.5 Å². The van der Waals surface area contributed by atoms with Crippen LogP contribution < -0.4 is 11.2 Å². The second kappa shape index (κ2) is 4.38. The summed E-state index contributed by atoms with van der Waals surface area (Å²) in [4.78, 5) is 12.0. The molecule has 0 aliphatic rings. The lowest BCUT2D eigenvalue weighted by Gasteiger charge is -2.06. The monoisotopic (exact) mass is 271 g/mol. The van der Waals surface area contributed by atoms with E-state index in [9.17, 15) is 14.3 Å². The standard InChI is InChI=1S/C15H10FNO3/c16-8-1-3-10-13(19)7-15(20-14(10)5-8)11-6-9(18)2-4-12(11)17/h1-7,18H,17H2. The lowest BCUT2D eigenvalue weighted by molar-refractivity contribution is 0.475. The maximum absolute atomic E-state index is 13.2. The summed E-state index contributed by atoms with van der Waals surface area (Å²) >= 11 is 0. The number of hydrogen-bond donors (Lipinski definition) is 2. The van der Waals surface area contributed by atoms with Gasteiger partial charge in [0.25, 0.3) is 0 Å². The summed E-state index contributed by atoms with van der Waals surface area (Å²) in [6.07, 6.45) is 0. The van der Waals surface area contributed by atoms with Crippen LogP contribution in [-0.2, 0) is 0 Å². The van der Waals surface area contributed by atoms with E-state index >= 15 is 0 Å². The Kier molecular flexibility index (Phi) is 2.68. The number of rotatable bonds is 1. The van der Waals surface area contributed by atoms with E-state index in [2.05, 4.69) is 0 Å². The first-order valence-corrected chi connectivity index (χ1v) is 5.87. The van der Waals surface area contributed by atoms with Gasteiger partial charge in [0.1, 0.15) is 22.9 Å². The van der Waals surface area contributed by atoms with E-state index in [1.54, 1.807) is 0 Å². The molecular formula is C15H10FNO3. The van der Waals surface area contributed by atoms with E-state index in [4.69, 9.17) is 10.2 Å². The Morgan fingerprint density at radius 1 is 1.10 bits per heavy atom. The summed E-state index contributed by atoms with van der Waals surface area (Å²) in [6.45, 7) is 0. The zero-order valence-corrected chi connectivity index (χ0v) is 10.3. The molecule has 4 nitrogen and oxygen atoms in total. The molecule has 1 aromatic heterocycles. The van der Waals surface area contributed by atoms with Crippen molar-refractivity contribution in [3.05, 3.63) is 58.5 Å². The number of fused-ring (bicyclic) bond motifs is 1. The van der Waals surface area contributed by atoms with Crippen molar-refractivity contribution >= 4 is 16.7 Å². The van der Waals surface area contributed by atoms with Gasteiger partial charge in [0, 0.05) is 23.4 Å². The molecule has 0 aliphatic carbocycles. The van der Waals surface area contributed by atoms with Crippen molar-refractivity contribution in [2.24, 2.45) is 0 Å². The van der Waals surface area contributed by atoms with Gasteiger partial charge in [-0.3, -0.25) is 4.79 Å². The largest absolute Gasteiger partial charge is 0.508 e. The van der Waals surface area contributed by atoms with Crippen molar-refractivity contribution in [1.82, 2.24) is 0 Å². The highest BCUT2D eigenvalue weighted by molar-refractivity contribution is 5.81. The molecule has 0 atom stereocenters. The van der Waals surface area contributed by atoms with Crippen molar-refractivity contribution in [3.63, 3.8) is 0 Å². The molecule has 3 aromatic rings. The predicted octanol–water partition coefficient (Wildman–Crippen LogP) is 2.89. The van der Waals surface area contributed by atoms with E-state index in [1.165, 1.54) is 36.4 Å². The number of nitrogens with two attached hydrogens (primary N) is 1. The number of phenols is 1. The van der Waals surface area contributed by atoms with E-state index < -0.39 is 5.82 Å². The van der Waals surface area contributed by atoms with Crippen LogP contribution in [0.15, 0.2) is 51.7 Å². The third kappa shape index (κ3) is 1.99. The summed E-state index contributed by atoms with van der Waals surface area (Å²) in [5.41, 5.74) is 6.36. The van der Waals surface area contributed by atoms with Crippen LogP contribution in [0.25, 0.3) is 22.3 Å².